The molecule has 0 unspecified atom stereocenters. The molecule has 0 saturated carbocycles. The Hall–Kier alpha value is -4.22. The van der Waals surface area contributed by atoms with Gasteiger partial charge in [-0.1, -0.05) is 59.6 Å². The van der Waals surface area contributed by atoms with Crippen molar-refractivity contribution in [2.75, 3.05) is 27.3 Å². The minimum Gasteiger partial charge on any atom is -0.481 e. The number of aromatic nitrogens is 2. The second kappa shape index (κ2) is 14.7. The number of aryl methyl sites for hydroxylation is 2. The monoisotopic (exact) mass is 740 g/mol. The topological polar surface area (TPSA) is 126 Å². The molecule has 0 spiro atoms. The van der Waals surface area contributed by atoms with Crippen molar-refractivity contribution < 1.29 is 19.1 Å². The predicted molar refractivity (Wildman–Crippen MR) is 202 cm³/mol. The summed E-state index contributed by atoms with van der Waals surface area (Å²) in [5.41, 5.74) is 9.14. The maximum atomic E-state index is 11.7. The fourth-order valence-electron chi connectivity index (χ4n) is 8.31. The van der Waals surface area contributed by atoms with Crippen LogP contribution in [0.5, 0.6) is 11.8 Å². The highest BCUT2D eigenvalue weighted by molar-refractivity contribution is 6.39. The number of carbonyl (C=O) groups is 2. The van der Waals surface area contributed by atoms with Gasteiger partial charge in [0, 0.05) is 83.5 Å². The van der Waals surface area contributed by atoms with Gasteiger partial charge in [-0.05, 0) is 61.8 Å². The maximum absolute atomic E-state index is 11.7. The molecule has 0 radical (unpaired) electrons. The van der Waals surface area contributed by atoms with Crippen molar-refractivity contribution >= 4 is 35.0 Å². The minimum absolute atomic E-state index is 0.0992. The number of ether oxygens (including phenoxy) is 2. The third-order valence-corrected chi connectivity index (χ3v) is 11.8. The molecule has 2 saturated heterocycles. The zero-order valence-electron chi connectivity index (χ0n) is 29.3. The van der Waals surface area contributed by atoms with Crippen LogP contribution in [0, 0.1) is 0 Å². The summed E-state index contributed by atoms with van der Waals surface area (Å²) in [5.74, 6) is 1.40. The first-order chi connectivity index (χ1) is 25.3. The summed E-state index contributed by atoms with van der Waals surface area (Å²) in [6, 6.07) is 16.6. The van der Waals surface area contributed by atoms with Gasteiger partial charge in [-0.3, -0.25) is 9.59 Å². The van der Waals surface area contributed by atoms with E-state index < -0.39 is 0 Å². The lowest BCUT2D eigenvalue weighted by Gasteiger charge is -2.20. The number of rotatable bonds is 11. The fourth-order valence-corrected chi connectivity index (χ4v) is 8.96. The standard InChI is InChI=1S/C40H42Cl2N6O4/c1-51-39-35-21(9-13-29(35)43-19-23-11-15-33(49)45-23)17-31(47-39)27-7-3-5-25(37(27)41)26-6-4-8-28(38(26)42)32-18-22-10-14-30(36(22)40(48-32)52-2)44-20-24-12-16-34(50)46-24/h3-8,17-18,23-24,29-30,43-44H,9-16,19-20H2,1-2H3,(H,45,49)(H,46,50)/t23-,24-,29-,30+/m0/s1. The van der Waals surface area contributed by atoms with Crippen LogP contribution < -0.4 is 30.7 Å². The molecule has 2 aliphatic carbocycles. The van der Waals surface area contributed by atoms with E-state index in [4.69, 9.17) is 42.6 Å². The largest absolute Gasteiger partial charge is 0.481 e. The molecule has 8 rings (SSSR count). The highest BCUT2D eigenvalue weighted by Gasteiger charge is 2.32. The molecule has 2 fully saturated rings. The number of benzene rings is 2. The Bertz CT molecular complexity index is 1910. The van der Waals surface area contributed by atoms with Crippen molar-refractivity contribution in [1.29, 1.82) is 0 Å². The van der Waals surface area contributed by atoms with Crippen LogP contribution in [0.25, 0.3) is 33.6 Å². The van der Waals surface area contributed by atoms with Crippen molar-refractivity contribution in [3.63, 3.8) is 0 Å². The van der Waals surface area contributed by atoms with Gasteiger partial charge in [0.1, 0.15) is 0 Å². The van der Waals surface area contributed by atoms with Gasteiger partial charge in [0.05, 0.1) is 35.7 Å². The molecule has 2 aromatic carbocycles. The van der Waals surface area contributed by atoms with Gasteiger partial charge in [0.25, 0.3) is 0 Å². The van der Waals surface area contributed by atoms with Crippen LogP contribution in [0.1, 0.15) is 72.9 Å². The smallest absolute Gasteiger partial charge is 0.220 e. The molecule has 4 aliphatic rings. The molecule has 10 nitrogen and oxygen atoms in total. The molecular weight excluding hydrogens is 699 g/mol. The summed E-state index contributed by atoms with van der Waals surface area (Å²) >= 11 is 14.5. The Kier molecular flexibility index (Phi) is 9.82. The normalized spacial score (nSPS) is 21.9. The van der Waals surface area contributed by atoms with Gasteiger partial charge in [0.15, 0.2) is 0 Å². The van der Waals surface area contributed by atoms with E-state index in [9.17, 15) is 9.59 Å². The summed E-state index contributed by atoms with van der Waals surface area (Å²) in [4.78, 5) is 33.3. The summed E-state index contributed by atoms with van der Waals surface area (Å²) < 4.78 is 11.7. The molecular formula is C40H42Cl2N6O4. The maximum Gasteiger partial charge on any atom is 0.220 e. The molecule has 0 bridgehead atoms. The number of carbonyl (C=O) groups excluding carboxylic acids is 2. The van der Waals surface area contributed by atoms with Crippen molar-refractivity contribution in [3.8, 4) is 45.4 Å². The van der Waals surface area contributed by atoms with E-state index >= 15 is 0 Å². The lowest BCUT2D eigenvalue weighted by molar-refractivity contribution is -0.120. The average molecular weight is 742 g/mol. The Morgan fingerprint density at radius 3 is 1.46 bits per heavy atom. The van der Waals surface area contributed by atoms with E-state index in [-0.39, 0.29) is 36.0 Å². The van der Waals surface area contributed by atoms with Crippen LogP contribution in [-0.4, -0.2) is 61.2 Å². The molecule has 2 aromatic heterocycles. The number of hydrogen-bond donors (Lipinski definition) is 4. The van der Waals surface area contributed by atoms with Crippen molar-refractivity contribution in [3.05, 3.63) is 80.8 Å². The van der Waals surface area contributed by atoms with Gasteiger partial charge in [0.2, 0.25) is 23.6 Å². The fraction of sp³-hybridized carbons (Fsp3) is 0.400. The number of nitrogens with one attached hydrogen (secondary N) is 4. The van der Waals surface area contributed by atoms with E-state index in [0.29, 0.717) is 47.7 Å². The van der Waals surface area contributed by atoms with E-state index in [1.165, 1.54) is 11.1 Å². The summed E-state index contributed by atoms with van der Waals surface area (Å²) in [6.07, 6.45) is 6.48. The van der Waals surface area contributed by atoms with Crippen molar-refractivity contribution in [2.24, 2.45) is 0 Å². The first-order valence-electron chi connectivity index (χ1n) is 18.1. The lowest BCUT2D eigenvalue weighted by Crippen LogP contribution is -2.37. The van der Waals surface area contributed by atoms with E-state index in [0.717, 1.165) is 83.3 Å². The van der Waals surface area contributed by atoms with Crippen LogP contribution in [0.15, 0.2) is 48.5 Å². The molecule has 4 heterocycles. The summed E-state index contributed by atoms with van der Waals surface area (Å²) in [7, 11) is 3.30. The van der Waals surface area contributed by atoms with Crippen LogP contribution in [-0.2, 0) is 22.4 Å². The van der Waals surface area contributed by atoms with Gasteiger partial charge >= 0.3 is 0 Å². The second-order valence-electron chi connectivity index (χ2n) is 14.1. The number of halogens is 2. The van der Waals surface area contributed by atoms with Crippen molar-refractivity contribution in [1.82, 2.24) is 31.2 Å². The number of hydrogen-bond acceptors (Lipinski definition) is 8. The van der Waals surface area contributed by atoms with Gasteiger partial charge in [-0.25, -0.2) is 9.97 Å². The zero-order chi connectivity index (χ0) is 35.9. The number of methoxy groups -OCH3 is 2. The zero-order valence-corrected chi connectivity index (χ0v) is 30.8. The van der Waals surface area contributed by atoms with Crippen LogP contribution in [0.2, 0.25) is 10.0 Å². The Morgan fingerprint density at radius 1 is 0.654 bits per heavy atom. The Morgan fingerprint density at radius 2 is 1.08 bits per heavy atom. The van der Waals surface area contributed by atoms with Gasteiger partial charge in [-0.2, -0.15) is 0 Å². The van der Waals surface area contributed by atoms with Crippen molar-refractivity contribution in [2.45, 2.75) is 75.5 Å². The van der Waals surface area contributed by atoms with Gasteiger partial charge in [-0.15, -0.1) is 0 Å². The number of pyridine rings is 2. The summed E-state index contributed by atoms with van der Waals surface area (Å²) in [6.45, 7) is 1.42. The molecule has 2 amide bonds. The van der Waals surface area contributed by atoms with Crippen LogP contribution in [0.4, 0.5) is 0 Å². The number of fused-ring (bicyclic) bond motifs is 2. The molecule has 4 N–H and O–H groups in total. The first kappa shape index (κ1) is 34.8. The molecule has 52 heavy (non-hydrogen) atoms. The SMILES string of the molecule is COc1nc(-c2cccc(-c3cccc(-c4cc5c(c(OC)n4)[C@H](NC[C@@H]4CCC(=O)N4)CC5)c3Cl)c2Cl)cc2c1[C@@H](NC[C@@H]1CCC(=O)N1)CC2. The van der Waals surface area contributed by atoms with Gasteiger partial charge < -0.3 is 30.7 Å². The van der Waals surface area contributed by atoms with E-state index in [1.807, 2.05) is 36.4 Å². The lowest BCUT2D eigenvalue weighted by atomic mass is 9.97. The Labute approximate surface area is 313 Å². The molecule has 4 atom stereocenters. The highest BCUT2D eigenvalue weighted by atomic mass is 35.5. The Balaban J connectivity index is 1.07. The van der Waals surface area contributed by atoms with Crippen LogP contribution in [0.3, 0.4) is 0 Å². The third kappa shape index (κ3) is 6.62. The second-order valence-corrected chi connectivity index (χ2v) is 14.9. The minimum atomic E-state index is 0.0992. The third-order valence-electron chi connectivity index (χ3n) is 10.9. The average Bonchev–Trinajstić information content (AvgIpc) is 3.96. The predicted octanol–water partition coefficient (Wildman–Crippen LogP) is 6.51. The first-order valence-corrected chi connectivity index (χ1v) is 18.9. The highest BCUT2D eigenvalue weighted by Crippen LogP contribution is 2.46. The summed E-state index contributed by atoms with van der Waals surface area (Å²) in [5, 5.41) is 14.4. The number of nitrogens with zero attached hydrogens (tertiary/aromatic N) is 2. The van der Waals surface area contributed by atoms with E-state index in [1.54, 1.807) is 14.2 Å². The molecule has 2 aliphatic heterocycles. The molecule has 270 valence electrons. The number of amides is 2. The molecule has 12 heteroatoms. The van der Waals surface area contributed by atoms with Crippen LogP contribution >= 0.6 is 23.2 Å². The van der Waals surface area contributed by atoms with E-state index in [2.05, 4.69) is 33.4 Å². The molecule has 4 aromatic rings. The quantitative estimate of drug-likeness (QED) is 0.137.